The molecule has 1 aromatic carbocycles. The molecule has 0 bridgehead atoms. The third-order valence-corrected chi connectivity index (χ3v) is 4.70. The van der Waals surface area contributed by atoms with Crippen molar-refractivity contribution in [2.24, 2.45) is 0 Å². The van der Waals surface area contributed by atoms with Gasteiger partial charge in [0.15, 0.2) is 5.78 Å². The van der Waals surface area contributed by atoms with Gasteiger partial charge >= 0.3 is 0 Å². The highest BCUT2D eigenvalue weighted by Gasteiger charge is 2.27. The number of ketones is 1. The van der Waals surface area contributed by atoms with Crippen molar-refractivity contribution in [3.05, 3.63) is 41.6 Å². The summed E-state index contributed by atoms with van der Waals surface area (Å²) in [6.45, 7) is 3.07. The van der Waals surface area contributed by atoms with Gasteiger partial charge in [-0.2, -0.15) is 0 Å². The van der Waals surface area contributed by atoms with Crippen LogP contribution in [-0.4, -0.2) is 47.0 Å². The molecule has 1 saturated heterocycles. The fourth-order valence-corrected chi connectivity index (χ4v) is 3.17. The number of hydrogen-bond acceptors (Lipinski definition) is 6. The maximum atomic E-state index is 12.4. The van der Waals surface area contributed by atoms with Crippen molar-refractivity contribution in [1.29, 1.82) is 0 Å². The van der Waals surface area contributed by atoms with Crippen molar-refractivity contribution < 1.29 is 18.7 Å². The normalized spacial score (nSPS) is 15.1. The number of carbonyl (C=O) groups excluding carboxylic acids is 2. The largest absolute Gasteiger partial charge is 0.497 e. The topological polar surface area (TPSA) is 85.5 Å². The summed E-state index contributed by atoms with van der Waals surface area (Å²) < 4.78 is 10.6. The molecule has 0 spiro atoms. The summed E-state index contributed by atoms with van der Waals surface area (Å²) in [6, 6.07) is 7.01. The number of rotatable bonds is 6. The lowest BCUT2D eigenvalue weighted by atomic mass is 9.96. The van der Waals surface area contributed by atoms with Crippen LogP contribution in [-0.2, 0) is 4.79 Å². The maximum Gasteiger partial charge on any atom is 0.223 e. The first-order valence-electron chi connectivity index (χ1n) is 8.82. The van der Waals surface area contributed by atoms with Gasteiger partial charge in [0.25, 0.3) is 0 Å². The van der Waals surface area contributed by atoms with E-state index < -0.39 is 0 Å². The molecule has 0 saturated carbocycles. The highest BCUT2D eigenvalue weighted by Crippen LogP contribution is 2.27. The molecule has 138 valence electrons. The molecule has 0 N–H and O–H groups in total. The molecule has 0 atom stereocenters. The van der Waals surface area contributed by atoms with E-state index in [1.54, 1.807) is 38.3 Å². The van der Waals surface area contributed by atoms with Crippen molar-refractivity contribution in [3.8, 4) is 5.75 Å². The average molecular weight is 357 g/mol. The predicted molar refractivity (Wildman–Crippen MR) is 94.1 cm³/mol. The first-order chi connectivity index (χ1) is 12.6. The van der Waals surface area contributed by atoms with Crippen molar-refractivity contribution in [1.82, 2.24) is 15.1 Å². The van der Waals surface area contributed by atoms with E-state index in [2.05, 4.69) is 10.2 Å². The number of amides is 1. The Morgan fingerprint density at radius 3 is 2.65 bits per heavy atom. The Morgan fingerprint density at radius 2 is 2.00 bits per heavy atom. The van der Waals surface area contributed by atoms with E-state index in [-0.39, 0.29) is 30.4 Å². The smallest absolute Gasteiger partial charge is 0.223 e. The first-order valence-corrected chi connectivity index (χ1v) is 8.82. The van der Waals surface area contributed by atoms with Gasteiger partial charge in [-0.1, -0.05) is 12.1 Å². The van der Waals surface area contributed by atoms with Gasteiger partial charge < -0.3 is 14.1 Å². The molecule has 1 aromatic heterocycles. The van der Waals surface area contributed by atoms with Crippen molar-refractivity contribution >= 4 is 11.7 Å². The lowest BCUT2D eigenvalue weighted by Crippen LogP contribution is -2.38. The second kappa shape index (κ2) is 8.12. The summed E-state index contributed by atoms with van der Waals surface area (Å²) >= 11 is 0. The molecule has 7 nitrogen and oxygen atoms in total. The van der Waals surface area contributed by atoms with E-state index in [9.17, 15) is 9.59 Å². The fraction of sp³-hybridized carbons (Fsp3) is 0.474. The van der Waals surface area contributed by atoms with Gasteiger partial charge in [-0.3, -0.25) is 9.59 Å². The Labute approximate surface area is 152 Å². The number of Topliss-reactive ketones (excluding diaryl/α,β-unsaturated/α-hetero) is 1. The number of benzene rings is 1. The van der Waals surface area contributed by atoms with Crippen molar-refractivity contribution in [2.75, 3.05) is 20.2 Å². The molecule has 0 aliphatic carbocycles. The van der Waals surface area contributed by atoms with Crippen LogP contribution in [0.2, 0.25) is 0 Å². The number of likely N-dealkylation sites (tertiary alicyclic amines) is 1. The Morgan fingerprint density at radius 1 is 1.23 bits per heavy atom. The minimum Gasteiger partial charge on any atom is -0.497 e. The number of nitrogens with zero attached hydrogens (tertiary/aromatic N) is 3. The molecular weight excluding hydrogens is 334 g/mol. The number of carbonyl (C=O) groups is 2. The number of ether oxygens (including phenoxy) is 1. The standard InChI is InChI=1S/C19H23N3O4/c1-13-20-21-19(26-13)14-8-10-22(11-9-14)18(24)7-6-17(23)15-4-3-5-16(12-15)25-2/h3-5,12,14H,6-11H2,1-2H3. The second-order valence-corrected chi connectivity index (χ2v) is 6.47. The fourth-order valence-electron chi connectivity index (χ4n) is 3.17. The molecule has 2 aromatic rings. The van der Waals surface area contributed by atoms with Gasteiger partial charge in [0, 0.05) is 44.3 Å². The molecule has 1 aliphatic heterocycles. The zero-order valence-corrected chi connectivity index (χ0v) is 15.1. The van der Waals surface area contributed by atoms with E-state index in [1.807, 2.05) is 4.90 Å². The average Bonchev–Trinajstić information content (AvgIpc) is 3.12. The molecule has 1 fully saturated rings. The van der Waals surface area contributed by atoms with E-state index in [1.165, 1.54) is 0 Å². The zero-order valence-electron chi connectivity index (χ0n) is 15.1. The van der Waals surface area contributed by atoms with Gasteiger partial charge in [0.05, 0.1) is 7.11 Å². The van der Waals surface area contributed by atoms with E-state index >= 15 is 0 Å². The third-order valence-electron chi connectivity index (χ3n) is 4.70. The molecule has 7 heteroatoms. The SMILES string of the molecule is COc1cccc(C(=O)CCC(=O)N2CCC(c3nnc(C)o3)CC2)c1. The molecule has 1 amide bonds. The van der Waals surface area contributed by atoms with Gasteiger partial charge in [-0.05, 0) is 25.0 Å². The van der Waals surface area contributed by atoms with Gasteiger partial charge in [-0.15, -0.1) is 10.2 Å². The Bertz CT molecular complexity index is 779. The molecule has 0 radical (unpaired) electrons. The number of methoxy groups -OCH3 is 1. The molecular formula is C19H23N3O4. The second-order valence-electron chi connectivity index (χ2n) is 6.47. The van der Waals surface area contributed by atoms with E-state index in [4.69, 9.17) is 9.15 Å². The minimum atomic E-state index is -0.0477. The van der Waals surface area contributed by atoms with Crippen LogP contribution in [0.3, 0.4) is 0 Å². The third kappa shape index (κ3) is 4.28. The Kier molecular flexibility index (Phi) is 5.65. The van der Waals surface area contributed by atoms with Gasteiger partial charge in [-0.25, -0.2) is 0 Å². The van der Waals surface area contributed by atoms with Gasteiger partial charge in [0.1, 0.15) is 5.75 Å². The lowest BCUT2D eigenvalue weighted by molar-refractivity contribution is -0.132. The van der Waals surface area contributed by atoms with Gasteiger partial charge in [0.2, 0.25) is 17.7 Å². The molecule has 2 heterocycles. The van der Waals surface area contributed by atoms with Crippen molar-refractivity contribution in [2.45, 2.75) is 38.5 Å². The summed E-state index contributed by atoms with van der Waals surface area (Å²) in [7, 11) is 1.56. The van der Waals surface area contributed by atoms with Crippen LogP contribution in [0.4, 0.5) is 0 Å². The lowest BCUT2D eigenvalue weighted by Gasteiger charge is -2.30. The number of aromatic nitrogens is 2. The van der Waals surface area contributed by atoms with Crippen LogP contribution < -0.4 is 4.74 Å². The molecule has 0 unspecified atom stereocenters. The quantitative estimate of drug-likeness (QED) is 0.739. The summed E-state index contributed by atoms with van der Waals surface area (Å²) in [5, 5.41) is 7.93. The number of piperidine rings is 1. The summed E-state index contributed by atoms with van der Waals surface area (Å²) in [5.41, 5.74) is 0.572. The highest BCUT2D eigenvalue weighted by atomic mass is 16.5. The zero-order chi connectivity index (χ0) is 18.5. The number of hydrogen-bond donors (Lipinski definition) is 0. The van der Waals surface area contributed by atoms with Crippen LogP contribution in [0.5, 0.6) is 5.75 Å². The van der Waals surface area contributed by atoms with Crippen LogP contribution in [0.1, 0.15) is 53.7 Å². The van der Waals surface area contributed by atoms with Crippen LogP contribution in [0.25, 0.3) is 0 Å². The predicted octanol–water partition coefficient (Wildman–Crippen LogP) is 2.76. The number of aryl methyl sites for hydroxylation is 1. The summed E-state index contributed by atoms with van der Waals surface area (Å²) in [4.78, 5) is 26.5. The highest BCUT2D eigenvalue weighted by molar-refractivity contribution is 5.98. The van der Waals surface area contributed by atoms with E-state index in [0.717, 1.165) is 12.8 Å². The van der Waals surface area contributed by atoms with E-state index in [0.29, 0.717) is 36.2 Å². The maximum absolute atomic E-state index is 12.4. The summed E-state index contributed by atoms with van der Waals surface area (Å²) in [6.07, 6.45) is 2.03. The van der Waals surface area contributed by atoms with Crippen molar-refractivity contribution in [3.63, 3.8) is 0 Å². The minimum absolute atomic E-state index is 0.0152. The molecule has 1 aliphatic rings. The first kappa shape index (κ1) is 18.1. The summed E-state index contributed by atoms with van der Waals surface area (Å²) in [5.74, 6) is 2.03. The van der Waals surface area contributed by atoms with Crippen LogP contribution >= 0.6 is 0 Å². The Balaban J connectivity index is 1.47. The van der Waals surface area contributed by atoms with Crippen LogP contribution in [0, 0.1) is 6.92 Å². The molecule has 3 rings (SSSR count). The Hall–Kier alpha value is -2.70. The molecule has 26 heavy (non-hydrogen) atoms. The monoisotopic (exact) mass is 357 g/mol. The van der Waals surface area contributed by atoms with Crippen LogP contribution in [0.15, 0.2) is 28.7 Å².